The second-order valence-corrected chi connectivity index (χ2v) is 20.4. The van der Waals surface area contributed by atoms with Gasteiger partial charge in [0, 0.05) is 6.08 Å². The van der Waals surface area contributed by atoms with Gasteiger partial charge in [0.1, 0.15) is 0 Å². The minimum atomic E-state index is -2.01. The third-order valence-corrected chi connectivity index (χ3v) is 15.5. The summed E-state index contributed by atoms with van der Waals surface area (Å²) >= 11 is 0. The van der Waals surface area contributed by atoms with Crippen LogP contribution in [0.15, 0.2) is 23.8 Å². The highest BCUT2D eigenvalue weighted by atomic mass is 28.4. The van der Waals surface area contributed by atoms with Crippen LogP contribution in [0.1, 0.15) is 54.4 Å². The van der Waals surface area contributed by atoms with Gasteiger partial charge in [0.2, 0.25) is 0 Å². The lowest BCUT2D eigenvalue weighted by Gasteiger charge is -2.46. The highest BCUT2D eigenvalue weighted by Gasteiger charge is 2.45. The molecule has 6 heteroatoms. The molecular weight excluding hydrogens is 372 g/mol. The van der Waals surface area contributed by atoms with Crippen LogP contribution in [-0.4, -0.2) is 39.9 Å². The van der Waals surface area contributed by atoms with Crippen molar-refractivity contribution in [2.75, 3.05) is 0 Å². The quantitative estimate of drug-likeness (QED) is 0.335. The average Bonchev–Trinajstić information content (AvgIpc) is 2.39. The Morgan fingerprint density at radius 2 is 1.30 bits per heavy atom. The van der Waals surface area contributed by atoms with E-state index < -0.39 is 22.6 Å². The first-order valence-corrected chi connectivity index (χ1v) is 15.7. The zero-order chi connectivity index (χ0) is 21.4. The SMILES string of the molecule is C=C1[C@H](O[Si](C)(C)C(C)(C)C)CC(=CC(=O)O)C[C@H]1O[Si](C)(C)C(C)(C)C. The normalized spacial score (nSPS) is 22.7. The van der Waals surface area contributed by atoms with E-state index in [-0.39, 0.29) is 22.3 Å². The molecule has 0 radical (unpaired) electrons. The summed E-state index contributed by atoms with van der Waals surface area (Å²) in [5, 5.41) is 9.43. The van der Waals surface area contributed by atoms with Crippen molar-refractivity contribution in [2.45, 2.75) is 103 Å². The summed E-state index contributed by atoms with van der Waals surface area (Å²) < 4.78 is 13.3. The maximum absolute atomic E-state index is 11.3. The average molecular weight is 413 g/mol. The zero-order valence-electron chi connectivity index (χ0n) is 19.0. The zero-order valence-corrected chi connectivity index (χ0v) is 21.0. The topological polar surface area (TPSA) is 55.8 Å². The van der Waals surface area contributed by atoms with Crippen molar-refractivity contribution in [1.82, 2.24) is 0 Å². The molecule has 0 aromatic carbocycles. The summed E-state index contributed by atoms with van der Waals surface area (Å²) in [6.45, 7) is 26.5. The Balaban J connectivity index is 3.18. The predicted octanol–water partition coefficient (Wildman–Crippen LogP) is 6.13. The minimum Gasteiger partial charge on any atom is -0.478 e. The van der Waals surface area contributed by atoms with Crippen LogP contribution in [0.5, 0.6) is 0 Å². The Morgan fingerprint density at radius 1 is 0.963 bits per heavy atom. The summed E-state index contributed by atoms with van der Waals surface area (Å²) in [5.41, 5.74) is 1.84. The van der Waals surface area contributed by atoms with E-state index >= 15 is 0 Å². The number of rotatable bonds is 5. The molecule has 0 bridgehead atoms. The number of carbonyl (C=O) groups is 1. The molecule has 2 atom stereocenters. The molecule has 0 heterocycles. The molecule has 0 unspecified atom stereocenters. The summed E-state index contributed by atoms with van der Waals surface area (Å²) in [7, 11) is -4.02. The van der Waals surface area contributed by atoms with E-state index in [0.29, 0.717) is 12.8 Å². The first-order valence-electron chi connectivity index (χ1n) is 9.84. The van der Waals surface area contributed by atoms with Crippen LogP contribution in [-0.2, 0) is 13.6 Å². The molecule has 0 amide bonds. The van der Waals surface area contributed by atoms with Gasteiger partial charge in [0.15, 0.2) is 16.6 Å². The van der Waals surface area contributed by atoms with Crippen molar-refractivity contribution in [2.24, 2.45) is 0 Å². The Morgan fingerprint density at radius 3 is 1.56 bits per heavy atom. The molecule has 1 rings (SSSR count). The monoisotopic (exact) mass is 412 g/mol. The van der Waals surface area contributed by atoms with E-state index in [1.54, 1.807) is 0 Å². The van der Waals surface area contributed by atoms with Crippen molar-refractivity contribution in [1.29, 1.82) is 0 Å². The second kappa shape index (κ2) is 7.97. The lowest BCUT2D eigenvalue weighted by Crippen LogP contribution is -2.49. The molecule has 4 nitrogen and oxygen atoms in total. The number of hydrogen-bond acceptors (Lipinski definition) is 3. The fourth-order valence-electron chi connectivity index (χ4n) is 2.62. The summed E-state index contributed by atoms with van der Waals surface area (Å²) in [6.07, 6.45) is 2.15. The van der Waals surface area contributed by atoms with Crippen LogP contribution < -0.4 is 0 Å². The van der Waals surface area contributed by atoms with Gasteiger partial charge in [-0.05, 0) is 54.7 Å². The standard InChI is InChI=1S/C21H40O4Si2/c1-15-17(24-26(8,9)20(2,3)4)12-16(14-19(22)23)13-18(15)25-27(10,11)21(5,6)7/h14,17-18H,1,12-13H2,2-11H3,(H,22,23)/t17-,18-/m1/s1. The van der Waals surface area contributed by atoms with Crippen LogP contribution in [0, 0.1) is 0 Å². The maximum atomic E-state index is 11.3. The molecule has 1 aliphatic rings. The molecular formula is C21H40O4Si2. The van der Waals surface area contributed by atoms with Crippen LogP contribution in [0.2, 0.25) is 36.3 Å². The van der Waals surface area contributed by atoms with Crippen LogP contribution >= 0.6 is 0 Å². The van der Waals surface area contributed by atoms with E-state index in [2.05, 4.69) is 74.3 Å². The third kappa shape index (κ3) is 6.14. The van der Waals surface area contributed by atoms with E-state index in [0.717, 1.165) is 11.1 Å². The Kier molecular flexibility index (Phi) is 7.19. The molecule has 0 aromatic rings. The molecule has 1 fully saturated rings. The summed E-state index contributed by atoms with van der Waals surface area (Å²) in [5.74, 6) is -0.908. The van der Waals surface area contributed by atoms with Crippen LogP contribution in [0.25, 0.3) is 0 Å². The van der Waals surface area contributed by atoms with Gasteiger partial charge in [-0.1, -0.05) is 53.7 Å². The van der Waals surface area contributed by atoms with Crippen molar-refractivity contribution in [3.05, 3.63) is 23.8 Å². The molecule has 1 aliphatic carbocycles. The van der Waals surface area contributed by atoms with Gasteiger partial charge in [-0.3, -0.25) is 0 Å². The van der Waals surface area contributed by atoms with E-state index in [4.69, 9.17) is 8.85 Å². The highest BCUT2D eigenvalue weighted by molar-refractivity contribution is 6.74. The molecule has 1 N–H and O–H groups in total. The van der Waals surface area contributed by atoms with E-state index in [1.807, 2.05) is 0 Å². The molecule has 0 saturated heterocycles. The first-order chi connectivity index (χ1) is 11.9. The summed E-state index contributed by atoms with van der Waals surface area (Å²) in [6, 6.07) is 0. The molecule has 27 heavy (non-hydrogen) atoms. The van der Waals surface area contributed by atoms with Gasteiger partial charge in [0.25, 0.3) is 0 Å². The highest BCUT2D eigenvalue weighted by Crippen LogP contribution is 2.44. The lowest BCUT2D eigenvalue weighted by molar-refractivity contribution is -0.131. The van der Waals surface area contributed by atoms with Crippen molar-refractivity contribution in [3.63, 3.8) is 0 Å². The van der Waals surface area contributed by atoms with Gasteiger partial charge in [-0.15, -0.1) is 0 Å². The Labute approximate surface area is 168 Å². The van der Waals surface area contributed by atoms with E-state index in [1.165, 1.54) is 6.08 Å². The maximum Gasteiger partial charge on any atom is 0.328 e. The Hall–Kier alpha value is -0.696. The predicted molar refractivity (Wildman–Crippen MR) is 118 cm³/mol. The molecule has 156 valence electrons. The minimum absolute atomic E-state index is 0.0805. The fraction of sp³-hybridized carbons (Fsp3) is 0.762. The van der Waals surface area contributed by atoms with E-state index in [9.17, 15) is 9.90 Å². The van der Waals surface area contributed by atoms with Gasteiger partial charge < -0.3 is 14.0 Å². The number of aliphatic carboxylic acids is 1. The molecule has 0 aliphatic heterocycles. The van der Waals surface area contributed by atoms with Crippen molar-refractivity contribution in [3.8, 4) is 0 Å². The largest absolute Gasteiger partial charge is 0.478 e. The van der Waals surface area contributed by atoms with Crippen LogP contribution in [0.4, 0.5) is 0 Å². The number of hydrogen-bond donors (Lipinski definition) is 1. The molecule has 1 saturated carbocycles. The molecule has 0 aromatic heterocycles. The van der Waals surface area contributed by atoms with Gasteiger partial charge in [-0.25, -0.2) is 4.79 Å². The fourth-order valence-corrected chi connectivity index (χ4v) is 5.22. The third-order valence-electron chi connectivity index (χ3n) is 6.54. The van der Waals surface area contributed by atoms with Crippen molar-refractivity contribution < 1.29 is 18.8 Å². The lowest BCUT2D eigenvalue weighted by atomic mass is 9.86. The van der Waals surface area contributed by atoms with Crippen LogP contribution in [0.3, 0.4) is 0 Å². The van der Waals surface area contributed by atoms with Crippen molar-refractivity contribution >= 4 is 22.6 Å². The Bertz CT molecular complexity index is 565. The first kappa shape index (κ1) is 24.3. The van der Waals surface area contributed by atoms with Gasteiger partial charge in [0.05, 0.1) is 12.2 Å². The number of carboxylic acid groups (broad SMARTS) is 1. The van der Waals surface area contributed by atoms with Gasteiger partial charge in [-0.2, -0.15) is 0 Å². The smallest absolute Gasteiger partial charge is 0.328 e. The van der Waals surface area contributed by atoms with Gasteiger partial charge >= 0.3 is 5.97 Å². The molecule has 0 spiro atoms. The number of carboxylic acids is 1. The second-order valence-electron chi connectivity index (χ2n) is 10.9. The summed E-state index contributed by atoms with van der Waals surface area (Å²) in [4.78, 5) is 11.3.